The first-order valence-corrected chi connectivity index (χ1v) is 25.7. The fourth-order valence-electron chi connectivity index (χ4n) is 5.72. The van der Waals surface area contributed by atoms with Crippen molar-refractivity contribution in [2.24, 2.45) is 0 Å². The van der Waals surface area contributed by atoms with Crippen molar-refractivity contribution in [2.75, 3.05) is 0 Å². The Morgan fingerprint density at radius 1 is 0.676 bits per heavy atom. The van der Waals surface area contributed by atoms with E-state index in [1.54, 1.807) is 0 Å². The summed E-state index contributed by atoms with van der Waals surface area (Å²) < 4.78 is 22.3. The van der Waals surface area contributed by atoms with Crippen molar-refractivity contribution in [1.82, 2.24) is 0 Å². The molecule has 0 aliphatic rings. The third kappa shape index (κ3) is 6.79. The van der Waals surface area contributed by atoms with Gasteiger partial charge in [0.25, 0.3) is 8.32 Å². The molecule has 0 amide bonds. The molecule has 37 heavy (non-hydrogen) atoms. The number of hydrogen-bond acceptors (Lipinski definition) is 3. The highest BCUT2D eigenvalue weighted by Crippen LogP contribution is 2.44. The van der Waals surface area contributed by atoms with Gasteiger partial charge in [0, 0.05) is 5.22 Å². The standard InChI is InChI=1S/C30H58O3Si4/c1-16-29(17-2,32-35(11,12)21-6)36(13,14)33-30(18-3,19-4)37(15,27-25-23-22-24-26-27)31-28(7,8)34(9,10)20-5/h20-26H,5-6,16-19H2,1-4,7-15H3. The van der Waals surface area contributed by atoms with E-state index in [-0.39, 0.29) is 10.4 Å². The van der Waals surface area contributed by atoms with E-state index in [1.165, 1.54) is 5.19 Å². The van der Waals surface area contributed by atoms with Crippen molar-refractivity contribution < 1.29 is 13.3 Å². The zero-order valence-corrected chi connectivity index (χ0v) is 30.5. The molecule has 1 unspecified atom stereocenters. The van der Waals surface area contributed by atoms with Crippen LogP contribution in [0, 0.1) is 0 Å². The molecular formula is C30H58O3Si4. The summed E-state index contributed by atoms with van der Waals surface area (Å²) in [5, 5.41) is 0.317. The molecule has 0 aromatic heterocycles. The smallest absolute Gasteiger partial charge is 0.251 e. The molecule has 7 heteroatoms. The second-order valence-electron chi connectivity index (χ2n) is 12.9. The van der Waals surface area contributed by atoms with E-state index in [2.05, 4.69) is 142 Å². The molecule has 1 rings (SSSR count). The normalized spacial score (nSPS) is 15.8. The van der Waals surface area contributed by atoms with Crippen LogP contribution in [0.25, 0.3) is 0 Å². The fraction of sp³-hybridized carbons (Fsp3) is 0.667. The largest absolute Gasteiger partial charge is 0.409 e. The van der Waals surface area contributed by atoms with Crippen LogP contribution in [0.4, 0.5) is 0 Å². The van der Waals surface area contributed by atoms with Gasteiger partial charge in [0.05, 0.1) is 10.4 Å². The van der Waals surface area contributed by atoms with E-state index < -0.39 is 38.3 Å². The van der Waals surface area contributed by atoms with Crippen molar-refractivity contribution in [1.29, 1.82) is 0 Å². The number of rotatable bonds is 16. The molecule has 3 nitrogen and oxygen atoms in total. The van der Waals surface area contributed by atoms with Crippen LogP contribution in [-0.4, -0.2) is 48.7 Å². The van der Waals surface area contributed by atoms with E-state index in [1.807, 2.05) is 0 Å². The van der Waals surface area contributed by atoms with Crippen LogP contribution in [0.5, 0.6) is 0 Å². The second kappa shape index (κ2) is 12.3. The van der Waals surface area contributed by atoms with E-state index in [0.29, 0.717) is 0 Å². The highest BCUT2D eigenvalue weighted by Gasteiger charge is 2.61. The Bertz CT molecular complexity index is 887. The summed E-state index contributed by atoms with van der Waals surface area (Å²) in [6.45, 7) is 38.3. The summed E-state index contributed by atoms with van der Waals surface area (Å²) >= 11 is 0. The van der Waals surface area contributed by atoms with Crippen molar-refractivity contribution >= 4 is 38.2 Å². The lowest BCUT2D eigenvalue weighted by molar-refractivity contribution is 0.0355. The average Bonchev–Trinajstić information content (AvgIpc) is 2.85. The Balaban J connectivity index is 3.88. The van der Waals surface area contributed by atoms with Gasteiger partial charge in [-0.3, -0.25) is 0 Å². The second-order valence-corrected chi connectivity index (χ2v) is 29.6. The highest BCUT2D eigenvalue weighted by atomic mass is 28.4. The molecule has 0 saturated heterocycles. The summed E-state index contributed by atoms with van der Waals surface area (Å²) in [6, 6.07) is 10.9. The monoisotopic (exact) mass is 578 g/mol. The Morgan fingerprint density at radius 3 is 1.51 bits per heavy atom. The van der Waals surface area contributed by atoms with E-state index >= 15 is 0 Å². The molecule has 0 bridgehead atoms. The van der Waals surface area contributed by atoms with Crippen LogP contribution in [0.1, 0.15) is 67.2 Å². The van der Waals surface area contributed by atoms with Crippen LogP contribution in [-0.2, 0) is 13.3 Å². The van der Waals surface area contributed by atoms with Gasteiger partial charge in [-0.1, -0.05) is 82.5 Å². The van der Waals surface area contributed by atoms with Crippen LogP contribution >= 0.6 is 0 Å². The van der Waals surface area contributed by atoms with Gasteiger partial charge in [-0.05, 0) is 77.5 Å². The van der Waals surface area contributed by atoms with E-state index in [4.69, 9.17) is 13.3 Å². The summed E-state index contributed by atoms with van der Waals surface area (Å²) in [5.41, 5.74) is 4.22. The molecule has 1 atom stereocenters. The fourth-order valence-corrected chi connectivity index (χ4v) is 19.8. The predicted molar refractivity (Wildman–Crippen MR) is 174 cm³/mol. The van der Waals surface area contributed by atoms with Gasteiger partial charge in [0.2, 0.25) is 16.6 Å². The molecule has 0 aliphatic heterocycles. The molecule has 1 aromatic rings. The maximum absolute atomic E-state index is 7.70. The maximum atomic E-state index is 7.70. The van der Waals surface area contributed by atoms with Gasteiger partial charge in [0.1, 0.15) is 8.07 Å². The molecule has 0 N–H and O–H groups in total. The summed E-state index contributed by atoms with van der Waals surface area (Å²) in [7, 11) is -9.10. The molecule has 0 aliphatic carbocycles. The Hall–Kier alpha value is -0.552. The first-order valence-electron chi connectivity index (χ1n) is 14.3. The molecule has 212 valence electrons. The molecule has 0 radical (unpaired) electrons. The molecule has 1 aromatic carbocycles. The highest BCUT2D eigenvalue weighted by molar-refractivity contribution is 6.91. The van der Waals surface area contributed by atoms with E-state index in [9.17, 15) is 0 Å². The molecular weight excluding hydrogens is 521 g/mol. The minimum absolute atomic E-state index is 0.289. The van der Waals surface area contributed by atoms with Crippen molar-refractivity contribution in [3.8, 4) is 0 Å². The first kappa shape index (κ1) is 34.5. The minimum atomic E-state index is -2.71. The van der Waals surface area contributed by atoms with Gasteiger partial charge in [0.15, 0.2) is 0 Å². The SMILES string of the molecule is C=C[Si](C)(C)OC(CC)(CC)[Si](C)(C)OC(CC)(CC)[Si](C)(OC(C)(C)[Si](C)(C)C=C)c1ccccc1. The summed E-state index contributed by atoms with van der Waals surface area (Å²) in [6.07, 6.45) is 3.66. The first-order chi connectivity index (χ1) is 16.8. The predicted octanol–water partition coefficient (Wildman–Crippen LogP) is 8.60. The van der Waals surface area contributed by atoms with Crippen LogP contribution in [0.3, 0.4) is 0 Å². The third-order valence-corrected chi connectivity index (χ3v) is 25.0. The lowest BCUT2D eigenvalue weighted by Gasteiger charge is -2.57. The minimum Gasteiger partial charge on any atom is -0.409 e. The lowest BCUT2D eigenvalue weighted by atomic mass is 10.2. The quantitative estimate of drug-likeness (QED) is 0.184. The van der Waals surface area contributed by atoms with Gasteiger partial charge < -0.3 is 13.3 Å². The lowest BCUT2D eigenvalue weighted by Crippen LogP contribution is -2.75. The van der Waals surface area contributed by atoms with Gasteiger partial charge in [-0.2, -0.15) is 0 Å². The van der Waals surface area contributed by atoms with E-state index in [0.717, 1.165) is 25.7 Å². The Kier molecular flexibility index (Phi) is 11.5. The zero-order chi connectivity index (χ0) is 29.0. The van der Waals surface area contributed by atoms with Crippen molar-refractivity contribution in [3.05, 3.63) is 54.9 Å². The Labute approximate surface area is 234 Å². The van der Waals surface area contributed by atoms with Crippen LogP contribution in [0.15, 0.2) is 54.9 Å². The Morgan fingerprint density at radius 2 is 1.14 bits per heavy atom. The third-order valence-electron chi connectivity index (χ3n) is 9.50. The van der Waals surface area contributed by atoms with Gasteiger partial charge in [-0.25, -0.2) is 0 Å². The summed E-state index contributed by atoms with van der Waals surface area (Å²) in [5.74, 6) is 0. The van der Waals surface area contributed by atoms with Gasteiger partial charge >= 0.3 is 0 Å². The summed E-state index contributed by atoms with van der Waals surface area (Å²) in [4.78, 5) is 0. The molecule has 0 heterocycles. The zero-order valence-electron chi connectivity index (χ0n) is 26.5. The van der Waals surface area contributed by atoms with Crippen LogP contribution < -0.4 is 5.19 Å². The average molecular weight is 579 g/mol. The van der Waals surface area contributed by atoms with Crippen molar-refractivity contribution in [3.63, 3.8) is 0 Å². The van der Waals surface area contributed by atoms with Crippen molar-refractivity contribution in [2.45, 2.75) is 129 Å². The van der Waals surface area contributed by atoms with Crippen LogP contribution in [0.2, 0.25) is 45.8 Å². The molecule has 0 spiro atoms. The topological polar surface area (TPSA) is 27.7 Å². The number of benzene rings is 1. The number of hydrogen-bond donors (Lipinski definition) is 0. The molecule has 0 saturated carbocycles. The van der Waals surface area contributed by atoms with Gasteiger partial charge in [-0.15, -0.1) is 13.2 Å². The maximum Gasteiger partial charge on any atom is 0.251 e. The molecule has 0 fully saturated rings.